The van der Waals surface area contributed by atoms with Crippen LogP contribution in [0, 0.1) is 5.92 Å². The Kier molecular flexibility index (Phi) is 6.75. The van der Waals surface area contributed by atoms with Crippen LogP contribution in [0.25, 0.3) is 0 Å². The maximum absolute atomic E-state index is 12.3. The van der Waals surface area contributed by atoms with Crippen LogP contribution in [0.5, 0.6) is 0 Å². The molecule has 0 radical (unpaired) electrons. The number of amides is 2. The van der Waals surface area contributed by atoms with Gasteiger partial charge in [0.1, 0.15) is 0 Å². The van der Waals surface area contributed by atoms with Crippen LogP contribution in [0.4, 0.5) is 5.69 Å². The first-order valence-corrected chi connectivity index (χ1v) is 8.45. The van der Waals surface area contributed by atoms with E-state index in [0.29, 0.717) is 29.8 Å². The Labute approximate surface area is 143 Å². The van der Waals surface area contributed by atoms with Gasteiger partial charge in [-0.15, -0.1) is 0 Å². The predicted molar refractivity (Wildman–Crippen MR) is 94.1 cm³/mol. The third kappa shape index (κ3) is 5.32. The minimum absolute atomic E-state index is 0.0942. The first-order valence-electron chi connectivity index (χ1n) is 8.45. The standard InChI is InChI=1S/C18H27N3O3/c1-13(2)17(21-8-10-24-11-9-21)12-19-18(23)15-4-6-16(7-5-15)20-14(3)22/h4-7,13,17H,8-12H2,1-3H3,(H,19,23)(H,20,22)/t17-/m0/s1. The molecule has 1 aromatic rings. The van der Waals surface area contributed by atoms with Crippen LogP contribution in [0.3, 0.4) is 0 Å². The molecule has 1 heterocycles. The van der Waals surface area contributed by atoms with Gasteiger partial charge in [0.25, 0.3) is 5.91 Å². The number of carbonyl (C=O) groups is 2. The maximum atomic E-state index is 12.3. The minimum Gasteiger partial charge on any atom is -0.379 e. The van der Waals surface area contributed by atoms with Crippen molar-refractivity contribution in [1.82, 2.24) is 10.2 Å². The van der Waals surface area contributed by atoms with Crippen molar-refractivity contribution in [2.45, 2.75) is 26.8 Å². The van der Waals surface area contributed by atoms with Gasteiger partial charge in [-0.05, 0) is 30.2 Å². The molecule has 1 aliphatic rings. The molecular weight excluding hydrogens is 306 g/mol. The topological polar surface area (TPSA) is 70.7 Å². The highest BCUT2D eigenvalue weighted by Crippen LogP contribution is 2.13. The average Bonchev–Trinajstić information content (AvgIpc) is 2.55. The average molecular weight is 333 g/mol. The number of anilines is 1. The number of hydrogen-bond donors (Lipinski definition) is 2. The summed E-state index contributed by atoms with van der Waals surface area (Å²) in [7, 11) is 0. The highest BCUT2D eigenvalue weighted by atomic mass is 16.5. The third-order valence-corrected chi connectivity index (χ3v) is 4.22. The molecule has 132 valence electrons. The fraction of sp³-hybridized carbons (Fsp3) is 0.556. The van der Waals surface area contributed by atoms with Gasteiger partial charge < -0.3 is 15.4 Å². The van der Waals surface area contributed by atoms with Gasteiger partial charge in [-0.25, -0.2) is 0 Å². The largest absolute Gasteiger partial charge is 0.379 e. The molecule has 0 unspecified atom stereocenters. The first-order chi connectivity index (χ1) is 11.5. The Morgan fingerprint density at radius 2 is 1.79 bits per heavy atom. The molecule has 1 atom stereocenters. The highest BCUT2D eigenvalue weighted by Gasteiger charge is 2.24. The molecule has 24 heavy (non-hydrogen) atoms. The molecule has 1 aromatic carbocycles. The third-order valence-electron chi connectivity index (χ3n) is 4.22. The molecular formula is C18H27N3O3. The SMILES string of the molecule is CC(=O)Nc1ccc(C(=O)NC[C@@H](C(C)C)N2CCOCC2)cc1. The summed E-state index contributed by atoms with van der Waals surface area (Å²) in [6, 6.07) is 7.21. The molecule has 2 rings (SSSR count). The van der Waals surface area contributed by atoms with E-state index in [-0.39, 0.29) is 11.8 Å². The van der Waals surface area contributed by atoms with Gasteiger partial charge in [-0.3, -0.25) is 14.5 Å². The Balaban J connectivity index is 1.91. The van der Waals surface area contributed by atoms with Crippen LogP contribution >= 0.6 is 0 Å². The monoisotopic (exact) mass is 333 g/mol. The molecule has 2 N–H and O–H groups in total. The molecule has 0 bridgehead atoms. The molecule has 0 saturated carbocycles. The smallest absolute Gasteiger partial charge is 0.251 e. The summed E-state index contributed by atoms with van der Waals surface area (Å²) in [5.74, 6) is 0.228. The lowest BCUT2D eigenvalue weighted by atomic mass is 10.0. The second kappa shape index (κ2) is 8.80. The van der Waals surface area contributed by atoms with Gasteiger partial charge in [-0.1, -0.05) is 13.8 Å². The van der Waals surface area contributed by atoms with E-state index in [4.69, 9.17) is 4.74 Å². The Hall–Kier alpha value is -1.92. The molecule has 6 heteroatoms. The lowest BCUT2D eigenvalue weighted by molar-refractivity contribution is -0.114. The van der Waals surface area contributed by atoms with Gasteiger partial charge in [0, 0.05) is 43.9 Å². The number of rotatable bonds is 6. The number of nitrogens with zero attached hydrogens (tertiary/aromatic N) is 1. The molecule has 1 aliphatic heterocycles. The Morgan fingerprint density at radius 1 is 1.17 bits per heavy atom. The van der Waals surface area contributed by atoms with Crippen molar-refractivity contribution in [2.75, 3.05) is 38.2 Å². The molecule has 6 nitrogen and oxygen atoms in total. The van der Waals surface area contributed by atoms with Gasteiger partial charge in [0.15, 0.2) is 0 Å². The van der Waals surface area contributed by atoms with E-state index in [9.17, 15) is 9.59 Å². The zero-order valence-corrected chi connectivity index (χ0v) is 14.7. The number of hydrogen-bond acceptors (Lipinski definition) is 4. The van der Waals surface area contributed by atoms with E-state index >= 15 is 0 Å². The van der Waals surface area contributed by atoms with Crippen molar-refractivity contribution in [3.63, 3.8) is 0 Å². The van der Waals surface area contributed by atoms with Gasteiger partial charge in [-0.2, -0.15) is 0 Å². The van der Waals surface area contributed by atoms with E-state index in [1.54, 1.807) is 24.3 Å². The van der Waals surface area contributed by atoms with Gasteiger partial charge in [0.05, 0.1) is 13.2 Å². The molecule has 2 amide bonds. The fourth-order valence-corrected chi connectivity index (χ4v) is 2.90. The van der Waals surface area contributed by atoms with Crippen molar-refractivity contribution in [2.24, 2.45) is 5.92 Å². The Morgan fingerprint density at radius 3 is 2.33 bits per heavy atom. The quantitative estimate of drug-likeness (QED) is 0.832. The van der Waals surface area contributed by atoms with Crippen molar-refractivity contribution in [3.05, 3.63) is 29.8 Å². The van der Waals surface area contributed by atoms with Crippen LogP contribution in [0.2, 0.25) is 0 Å². The summed E-state index contributed by atoms with van der Waals surface area (Å²) in [6.45, 7) is 9.74. The van der Waals surface area contributed by atoms with Crippen LogP contribution in [0.1, 0.15) is 31.1 Å². The second-order valence-corrected chi connectivity index (χ2v) is 6.43. The van der Waals surface area contributed by atoms with E-state index in [1.165, 1.54) is 6.92 Å². The van der Waals surface area contributed by atoms with Crippen LogP contribution in [-0.2, 0) is 9.53 Å². The molecule has 1 fully saturated rings. The number of carbonyl (C=O) groups excluding carboxylic acids is 2. The van der Waals surface area contributed by atoms with Gasteiger partial charge >= 0.3 is 0 Å². The zero-order valence-electron chi connectivity index (χ0n) is 14.7. The fourth-order valence-electron chi connectivity index (χ4n) is 2.90. The van der Waals surface area contributed by atoms with E-state index < -0.39 is 0 Å². The summed E-state index contributed by atoms with van der Waals surface area (Å²) in [5, 5.41) is 5.72. The highest BCUT2D eigenvalue weighted by molar-refractivity contribution is 5.95. The first kappa shape index (κ1) is 18.4. The van der Waals surface area contributed by atoms with Crippen LogP contribution in [0.15, 0.2) is 24.3 Å². The van der Waals surface area contributed by atoms with E-state index in [1.807, 2.05) is 0 Å². The maximum Gasteiger partial charge on any atom is 0.251 e. The zero-order chi connectivity index (χ0) is 17.5. The van der Waals surface area contributed by atoms with Crippen LogP contribution < -0.4 is 10.6 Å². The lowest BCUT2D eigenvalue weighted by Gasteiger charge is -2.36. The normalized spacial score (nSPS) is 16.7. The van der Waals surface area contributed by atoms with Crippen molar-refractivity contribution in [3.8, 4) is 0 Å². The summed E-state index contributed by atoms with van der Waals surface area (Å²) < 4.78 is 5.40. The molecule has 0 spiro atoms. The predicted octanol–water partition coefficient (Wildman–Crippen LogP) is 1.73. The molecule has 0 aromatic heterocycles. The number of nitrogens with one attached hydrogen (secondary N) is 2. The summed E-state index contributed by atoms with van der Waals surface area (Å²) >= 11 is 0. The van der Waals surface area contributed by atoms with E-state index in [0.717, 1.165) is 26.3 Å². The number of benzene rings is 1. The Bertz CT molecular complexity index is 551. The lowest BCUT2D eigenvalue weighted by Crippen LogP contribution is -2.51. The minimum atomic E-state index is -0.127. The number of ether oxygens (including phenoxy) is 1. The van der Waals surface area contributed by atoms with Gasteiger partial charge in [0.2, 0.25) is 5.91 Å². The van der Waals surface area contributed by atoms with Crippen molar-refractivity contribution in [1.29, 1.82) is 0 Å². The summed E-state index contributed by atoms with van der Waals surface area (Å²) in [6.07, 6.45) is 0. The second-order valence-electron chi connectivity index (χ2n) is 6.43. The van der Waals surface area contributed by atoms with Crippen LogP contribution in [-0.4, -0.2) is 55.6 Å². The molecule has 0 aliphatic carbocycles. The summed E-state index contributed by atoms with van der Waals surface area (Å²) in [5.41, 5.74) is 1.28. The van der Waals surface area contributed by atoms with Crippen molar-refractivity contribution >= 4 is 17.5 Å². The van der Waals surface area contributed by atoms with E-state index in [2.05, 4.69) is 29.4 Å². The molecule has 1 saturated heterocycles. The van der Waals surface area contributed by atoms with Crippen molar-refractivity contribution < 1.29 is 14.3 Å². The number of morpholine rings is 1. The summed E-state index contributed by atoms with van der Waals surface area (Å²) in [4.78, 5) is 25.7.